The minimum absolute atomic E-state index is 0. The molecule has 1 radical (unpaired) electrons. The molecule has 25 heavy (non-hydrogen) atoms. The van der Waals surface area contributed by atoms with Crippen LogP contribution >= 0.6 is 0 Å². The summed E-state index contributed by atoms with van der Waals surface area (Å²) in [4.78, 5) is 0. The number of hydrogen-bond donors (Lipinski definition) is 0. The second kappa shape index (κ2) is 9.76. The molecule has 0 amide bonds. The zero-order valence-corrected chi connectivity index (χ0v) is 19.8. The van der Waals surface area contributed by atoms with Gasteiger partial charge in [0.1, 0.15) is 0 Å². The van der Waals surface area contributed by atoms with Crippen LogP contribution in [0.5, 0.6) is 0 Å². The predicted octanol–water partition coefficient (Wildman–Crippen LogP) is 0.613. The molecule has 0 spiro atoms. The van der Waals surface area contributed by atoms with Crippen molar-refractivity contribution in [3.8, 4) is 0 Å². The molecule has 0 aliphatic heterocycles. The summed E-state index contributed by atoms with van der Waals surface area (Å²) in [5, 5.41) is 5.07. The second-order valence-electron chi connectivity index (χ2n) is 8.07. The average Bonchev–Trinajstić information content (AvgIpc) is 2.64. The Morgan fingerprint density at radius 3 is 1.80 bits per heavy atom. The molecule has 4 heteroatoms. The van der Waals surface area contributed by atoms with Crippen LogP contribution in [0.2, 0.25) is 0 Å². The van der Waals surface area contributed by atoms with Gasteiger partial charge in [-0.3, -0.25) is 0 Å². The molecular formula is C21H30Cl2NTi. The second-order valence-corrected chi connectivity index (χ2v) is 8.07. The van der Waals surface area contributed by atoms with Gasteiger partial charge < -0.3 is 30.1 Å². The van der Waals surface area contributed by atoms with E-state index in [0.717, 1.165) is 6.42 Å². The van der Waals surface area contributed by atoms with Crippen molar-refractivity contribution in [1.82, 2.24) is 0 Å². The van der Waals surface area contributed by atoms with Crippen molar-refractivity contribution in [3.63, 3.8) is 0 Å². The maximum absolute atomic E-state index is 5.07. The summed E-state index contributed by atoms with van der Waals surface area (Å²) >= 11 is 0. The van der Waals surface area contributed by atoms with Crippen LogP contribution in [0.3, 0.4) is 0 Å². The Morgan fingerprint density at radius 1 is 0.840 bits per heavy atom. The van der Waals surface area contributed by atoms with E-state index in [4.69, 9.17) is 5.32 Å². The Hall–Kier alpha value is -0.0457. The van der Waals surface area contributed by atoms with Gasteiger partial charge in [-0.25, -0.2) is 0 Å². The van der Waals surface area contributed by atoms with Crippen LogP contribution in [0.25, 0.3) is 10.9 Å². The largest absolute Gasteiger partial charge is 3.00 e. The summed E-state index contributed by atoms with van der Waals surface area (Å²) in [6.07, 6.45) is 1.07. The van der Waals surface area contributed by atoms with Gasteiger partial charge in [0.25, 0.3) is 0 Å². The summed E-state index contributed by atoms with van der Waals surface area (Å²) in [7, 11) is 0. The van der Waals surface area contributed by atoms with Gasteiger partial charge in [-0.2, -0.15) is 0 Å². The van der Waals surface area contributed by atoms with Gasteiger partial charge in [-0.1, -0.05) is 70.0 Å². The standard InChI is InChI=1S/C21H30N.2ClH.Ti/c1-14-13-18(16(3)15(14)2)17-11-9-10-12-19(17)21(7,8)22-20(4,5)6;;;/h9-12H,13H2,1-8H3;2*1H;/q-1;;;+3/p-2. The molecule has 2 rings (SSSR count). The number of allylic oxidation sites excluding steroid dienone is 4. The van der Waals surface area contributed by atoms with E-state index in [9.17, 15) is 0 Å². The molecular weight excluding hydrogens is 385 g/mol. The number of nitrogens with zero attached hydrogens (tertiary/aromatic N) is 1. The van der Waals surface area contributed by atoms with E-state index in [-0.39, 0.29) is 57.6 Å². The van der Waals surface area contributed by atoms with Crippen LogP contribution in [-0.2, 0) is 27.3 Å². The quantitative estimate of drug-likeness (QED) is 0.643. The fourth-order valence-electron chi connectivity index (χ4n) is 3.55. The number of rotatable bonds is 3. The van der Waals surface area contributed by atoms with Crippen LogP contribution < -0.4 is 24.8 Å². The maximum Gasteiger partial charge on any atom is 3.00 e. The molecule has 0 fully saturated rings. The van der Waals surface area contributed by atoms with Crippen molar-refractivity contribution >= 4 is 5.57 Å². The third-order valence-corrected chi connectivity index (χ3v) is 4.62. The van der Waals surface area contributed by atoms with Crippen LogP contribution in [0.15, 0.2) is 41.0 Å². The van der Waals surface area contributed by atoms with Crippen molar-refractivity contribution in [1.29, 1.82) is 0 Å². The fraction of sp³-hybridized carbons (Fsp3) is 0.524. The Kier molecular flexibility index (Phi) is 10.6. The summed E-state index contributed by atoms with van der Waals surface area (Å²) in [6, 6.07) is 8.79. The topological polar surface area (TPSA) is 14.1 Å². The fourth-order valence-corrected chi connectivity index (χ4v) is 3.55. The van der Waals surface area contributed by atoms with Crippen molar-refractivity contribution in [3.05, 3.63) is 57.4 Å². The van der Waals surface area contributed by atoms with Crippen molar-refractivity contribution in [2.75, 3.05) is 0 Å². The number of benzene rings is 1. The van der Waals surface area contributed by atoms with E-state index >= 15 is 0 Å². The Balaban J connectivity index is 0. The summed E-state index contributed by atoms with van der Waals surface area (Å²) < 4.78 is 0. The third kappa shape index (κ3) is 6.26. The molecule has 1 aliphatic carbocycles. The van der Waals surface area contributed by atoms with Gasteiger partial charge in [0.05, 0.1) is 0 Å². The van der Waals surface area contributed by atoms with Gasteiger partial charge in [-0.15, -0.1) is 11.1 Å². The zero-order chi connectivity index (χ0) is 16.7. The number of halogens is 2. The molecule has 0 aromatic heterocycles. The van der Waals surface area contributed by atoms with Crippen molar-refractivity contribution in [2.24, 2.45) is 0 Å². The molecule has 0 saturated carbocycles. The third-order valence-electron chi connectivity index (χ3n) is 4.62. The molecule has 1 aromatic carbocycles. The first-order chi connectivity index (χ1) is 10.0. The molecule has 1 aromatic rings. The van der Waals surface area contributed by atoms with Gasteiger partial charge in [0, 0.05) is 0 Å². The maximum atomic E-state index is 5.07. The van der Waals surface area contributed by atoms with Crippen molar-refractivity contribution < 1.29 is 46.5 Å². The van der Waals surface area contributed by atoms with Gasteiger partial charge >= 0.3 is 21.7 Å². The molecule has 0 saturated heterocycles. The predicted molar refractivity (Wildman–Crippen MR) is 98.2 cm³/mol. The van der Waals surface area contributed by atoms with Crippen LogP contribution in [0.4, 0.5) is 0 Å². The summed E-state index contributed by atoms with van der Waals surface area (Å²) in [6.45, 7) is 17.7. The first kappa shape index (κ1) is 27.2. The van der Waals surface area contributed by atoms with E-state index in [1.807, 2.05) is 0 Å². The minimum atomic E-state index is -0.188. The van der Waals surface area contributed by atoms with E-state index in [1.54, 1.807) is 0 Å². The van der Waals surface area contributed by atoms with E-state index in [0.29, 0.717) is 0 Å². The Labute approximate surface area is 181 Å². The van der Waals surface area contributed by atoms with E-state index in [1.165, 1.54) is 33.4 Å². The monoisotopic (exact) mass is 414 g/mol. The van der Waals surface area contributed by atoms with Crippen LogP contribution in [0.1, 0.15) is 72.9 Å². The van der Waals surface area contributed by atoms with Gasteiger partial charge in [0.15, 0.2) is 0 Å². The van der Waals surface area contributed by atoms with Gasteiger partial charge in [-0.05, 0) is 49.5 Å². The van der Waals surface area contributed by atoms with E-state index < -0.39 is 0 Å². The summed E-state index contributed by atoms with van der Waals surface area (Å²) in [5.74, 6) is 0. The molecule has 0 bridgehead atoms. The summed E-state index contributed by atoms with van der Waals surface area (Å²) in [5.41, 5.74) is 8.34. The molecule has 137 valence electrons. The van der Waals surface area contributed by atoms with Gasteiger partial charge in [0.2, 0.25) is 0 Å². The Morgan fingerprint density at radius 2 is 1.36 bits per heavy atom. The molecule has 1 nitrogen and oxygen atoms in total. The van der Waals surface area contributed by atoms with Crippen LogP contribution in [0, 0.1) is 0 Å². The molecule has 0 heterocycles. The minimum Gasteiger partial charge on any atom is -1.00 e. The smallest absolute Gasteiger partial charge is 1.00 e. The van der Waals surface area contributed by atoms with Crippen LogP contribution in [-0.4, -0.2) is 5.54 Å². The molecule has 0 atom stereocenters. The number of hydrogen-bond acceptors (Lipinski definition) is 0. The first-order valence-electron chi connectivity index (χ1n) is 8.23. The molecule has 1 aliphatic rings. The molecule has 0 N–H and O–H groups in total. The normalized spacial score (nSPS) is 14.7. The Bertz CT molecular complexity index is 652. The van der Waals surface area contributed by atoms with E-state index in [2.05, 4.69) is 79.7 Å². The SMILES string of the molecule is CC1=C(C)C(C)=C(c2ccccc2C(C)(C)[N-]C(C)(C)C)C1.[Cl-].[Cl-].[Ti+3]. The molecule has 0 unspecified atom stereocenters. The average molecular weight is 415 g/mol. The van der Waals surface area contributed by atoms with Crippen molar-refractivity contribution in [2.45, 2.75) is 72.9 Å². The first-order valence-corrected chi connectivity index (χ1v) is 8.23. The zero-order valence-electron chi connectivity index (χ0n) is 16.7.